The third-order valence-corrected chi connectivity index (χ3v) is 4.37. The Kier molecular flexibility index (Phi) is 4.03. The predicted octanol–water partition coefficient (Wildman–Crippen LogP) is 2.29. The fourth-order valence-corrected chi connectivity index (χ4v) is 3.31. The van der Waals surface area contributed by atoms with Crippen LogP contribution in [-0.4, -0.2) is 36.1 Å². The van der Waals surface area contributed by atoms with Gasteiger partial charge in [-0.05, 0) is 50.0 Å². The number of likely N-dealkylation sites (N-methyl/N-ethyl adjacent to an activating group) is 2. The maximum absolute atomic E-state index is 4.07. The maximum Gasteiger partial charge on any atom is 0.0271 e. The van der Waals surface area contributed by atoms with E-state index in [0.29, 0.717) is 17.5 Å². The van der Waals surface area contributed by atoms with Gasteiger partial charge in [0.2, 0.25) is 0 Å². The molecule has 0 radical (unpaired) electrons. The summed E-state index contributed by atoms with van der Waals surface area (Å²) in [5, 5.41) is 3.52. The molecule has 18 heavy (non-hydrogen) atoms. The number of pyridine rings is 1. The summed E-state index contributed by atoms with van der Waals surface area (Å²) in [6.07, 6.45) is 6.32. The lowest BCUT2D eigenvalue weighted by molar-refractivity contribution is 0.171. The summed E-state index contributed by atoms with van der Waals surface area (Å²) < 4.78 is 0. The number of hydrogen-bond donors (Lipinski definition) is 1. The van der Waals surface area contributed by atoms with Crippen LogP contribution in [0.1, 0.15) is 32.3 Å². The Hall–Kier alpha value is -0.930. The van der Waals surface area contributed by atoms with E-state index in [2.05, 4.69) is 55.3 Å². The molecule has 0 amide bonds. The highest BCUT2D eigenvalue weighted by Crippen LogP contribution is 2.39. The van der Waals surface area contributed by atoms with E-state index < -0.39 is 0 Å². The summed E-state index contributed by atoms with van der Waals surface area (Å²) in [5.74, 6) is 0. The first-order valence-corrected chi connectivity index (χ1v) is 6.81. The van der Waals surface area contributed by atoms with Crippen molar-refractivity contribution in [2.45, 2.75) is 45.3 Å². The molecule has 3 heteroatoms. The van der Waals surface area contributed by atoms with Gasteiger partial charge >= 0.3 is 0 Å². The molecule has 1 heterocycles. The standard InChI is InChI=1S/C15H25N3/c1-15(2)8-5-13(14(15)16-3)18(4)11-12-6-9-17-10-7-12/h6-7,9-10,13-14,16H,5,8,11H2,1-4H3. The van der Waals surface area contributed by atoms with Crippen molar-refractivity contribution in [1.82, 2.24) is 15.2 Å². The molecule has 0 aromatic carbocycles. The third kappa shape index (κ3) is 2.73. The Morgan fingerprint density at radius 2 is 2.06 bits per heavy atom. The van der Waals surface area contributed by atoms with E-state index in [-0.39, 0.29) is 0 Å². The minimum absolute atomic E-state index is 0.395. The Morgan fingerprint density at radius 3 is 2.67 bits per heavy atom. The molecule has 2 atom stereocenters. The first kappa shape index (κ1) is 13.5. The van der Waals surface area contributed by atoms with E-state index >= 15 is 0 Å². The minimum Gasteiger partial charge on any atom is -0.315 e. The van der Waals surface area contributed by atoms with Crippen LogP contribution in [0, 0.1) is 5.41 Å². The van der Waals surface area contributed by atoms with Crippen molar-refractivity contribution >= 4 is 0 Å². The van der Waals surface area contributed by atoms with Gasteiger partial charge in [-0.1, -0.05) is 13.8 Å². The number of aromatic nitrogens is 1. The van der Waals surface area contributed by atoms with Crippen molar-refractivity contribution in [3.63, 3.8) is 0 Å². The second-order valence-corrected chi connectivity index (χ2v) is 6.13. The topological polar surface area (TPSA) is 28.2 Å². The molecular weight excluding hydrogens is 222 g/mol. The molecule has 1 aliphatic rings. The van der Waals surface area contributed by atoms with E-state index in [1.165, 1.54) is 18.4 Å². The monoisotopic (exact) mass is 247 g/mol. The van der Waals surface area contributed by atoms with E-state index in [9.17, 15) is 0 Å². The lowest BCUT2D eigenvalue weighted by atomic mass is 9.86. The quantitative estimate of drug-likeness (QED) is 0.885. The number of nitrogens with one attached hydrogen (secondary N) is 1. The zero-order valence-corrected chi connectivity index (χ0v) is 12.0. The highest BCUT2D eigenvalue weighted by molar-refractivity contribution is 5.10. The Bertz CT molecular complexity index is 375. The molecule has 1 aromatic heterocycles. The predicted molar refractivity (Wildman–Crippen MR) is 75.4 cm³/mol. The first-order chi connectivity index (χ1) is 8.54. The summed E-state index contributed by atoms with van der Waals surface area (Å²) in [4.78, 5) is 6.55. The van der Waals surface area contributed by atoms with Crippen LogP contribution < -0.4 is 5.32 Å². The van der Waals surface area contributed by atoms with Crippen LogP contribution in [0.2, 0.25) is 0 Å². The largest absolute Gasteiger partial charge is 0.315 e. The normalized spacial score (nSPS) is 26.7. The van der Waals surface area contributed by atoms with Crippen LogP contribution >= 0.6 is 0 Å². The highest BCUT2D eigenvalue weighted by atomic mass is 15.2. The van der Waals surface area contributed by atoms with Crippen molar-refractivity contribution in [2.75, 3.05) is 14.1 Å². The molecule has 1 aliphatic carbocycles. The smallest absolute Gasteiger partial charge is 0.0271 e. The number of rotatable bonds is 4. The summed E-state index contributed by atoms with van der Waals surface area (Å²) in [7, 11) is 4.32. The van der Waals surface area contributed by atoms with Crippen LogP contribution in [0.15, 0.2) is 24.5 Å². The summed E-state index contributed by atoms with van der Waals surface area (Å²) >= 11 is 0. The molecule has 2 rings (SSSR count). The number of nitrogens with zero attached hydrogens (tertiary/aromatic N) is 2. The molecule has 0 aliphatic heterocycles. The van der Waals surface area contributed by atoms with Gasteiger partial charge in [-0.3, -0.25) is 9.88 Å². The van der Waals surface area contributed by atoms with E-state index in [1.807, 2.05) is 12.4 Å². The highest BCUT2D eigenvalue weighted by Gasteiger charge is 2.42. The van der Waals surface area contributed by atoms with Crippen molar-refractivity contribution < 1.29 is 0 Å². The van der Waals surface area contributed by atoms with Gasteiger partial charge in [-0.2, -0.15) is 0 Å². The van der Waals surface area contributed by atoms with Gasteiger partial charge in [0.05, 0.1) is 0 Å². The fraction of sp³-hybridized carbons (Fsp3) is 0.667. The van der Waals surface area contributed by atoms with E-state index in [4.69, 9.17) is 0 Å². The molecule has 1 N–H and O–H groups in total. The SMILES string of the molecule is CNC1C(N(C)Cc2ccncc2)CCC1(C)C. The Morgan fingerprint density at radius 1 is 1.39 bits per heavy atom. The molecule has 100 valence electrons. The average Bonchev–Trinajstić information content (AvgIpc) is 2.65. The molecule has 1 fully saturated rings. The van der Waals surface area contributed by atoms with Crippen LogP contribution in [0.4, 0.5) is 0 Å². The van der Waals surface area contributed by atoms with Crippen LogP contribution in [-0.2, 0) is 6.54 Å². The van der Waals surface area contributed by atoms with Gasteiger partial charge in [-0.15, -0.1) is 0 Å². The van der Waals surface area contributed by atoms with Gasteiger partial charge in [0.25, 0.3) is 0 Å². The van der Waals surface area contributed by atoms with Crippen molar-refractivity contribution in [1.29, 1.82) is 0 Å². The number of hydrogen-bond acceptors (Lipinski definition) is 3. The maximum atomic E-state index is 4.07. The molecular formula is C15H25N3. The van der Waals surface area contributed by atoms with Gasteiger partial charge in [0.1, 0.15) is 0 Å². The van der Waals surface area contributed by atoms with Crippen molar-refractivity contribution in [2.24, 2.45) is 5.41 Å². The second kappa shape index (κ2) is 5.37. The van der Waals surface area contributed by atoms with Crippen LogP contribution in [0.3, 0.4) is 0 Å². The minimum atomic E-state index is 0.395. The van der Waals surface area contributed by atoms with Crippen molar-refractivity contribution in [3.8, 4) is 0 Å². The van der Waals surface area contributed by atoms with E-state index in [1.54, 1.807) is 0 Å². The molecule has 0 bridgehead atoms. The fourth-order valence-electron chi connectivity index (χ4n) is 3.31. The van der Waals surface area contributed by atoms with Gasteiger partial charge in [-0.25, -0.2) is 0 Å². The first-order valence-electron chi connectivity index (χ1n) is 6.81. The van der Waals surface area contributed by atoms with Gasteiger partial charge in [0, 0.05) is 31.0 Å². The average molecular weight is 247 g/mol. The molecule has 0 saturated heterocycles. The molecule has 1 aromatic rings. The van der Waals surface area contributed by atoms with Crippen LogP contribution in [0.5, 0.6) is 0 Å². The second-order valence-electron chi connectivity index (χ2n) is 6.13. The van der Waals surface area contributed by atoms with Gasteiger partial charge in [0.15, 0.2) is 0 Å². The van der Waals surface area contributed by atoms with Crippen LogP contribution in [0.25, 0.3) is 0 Å². The summed E-state index contributed by atoms with van der Waals surface area (Å²) in [6.45, 7) is 5.74. The lowest BCUT2D eigenvalue weighted by Gasteiger charge is -2.35. The Labute approximate surface area is 111 Å². The Balaban J connectivity index is 2.03. The zero-order valence-electron chi connectivity index (χ0n) is 12.0. The van der Waals surface area contributed by atoms with Gasteiger partial charge < -0.3 is 5.32 Å². The summed E-state index contributed by atoms with van der Waals surface area (Å²) in [6, 6.07) is 5.40. The zero-order chi connectivity index (χ0) is 13.2. The molecule has 1 saturated carbocycles. The molecule has 0 spiro atoms. The van der Waals surface area contributed by atoms with Crippen molar-refractivity contribution in [3.05, 3.63) is 30.1 Å². The summed E-state index contributed by atoms with van der Waals surface area (Å²) in [5.41, 5.74) is 1.73. The molecule has 3 nitrogen and oxygen atoms in total. The van der Waals surface area contributed by atoms with E-state index in [0.717, 1.165) is 6.54 Å². The molecule has 2 unspecified atom stereocenters. The third-order valence-electron chi connectivity index (χ3n) is 4.37. The lowest BCUT2D eigenvalue weighted by Crippen LogP contribution is -2.49.